The van der Waals surface area contributed by atoms with Gasteiger partial charge in [-0.05, 0) is 107 Å². The second-order valence-corrected chi connectivity index (χ2v) is 14.7. The van der Waals surface area contributed by atoms with Gasteiger partial charge in [0.2, 0.25) is 0 Å². The highest BCUT2D eigenvalue weighted by Gasteiger charge is 2.18. The van der Waals surface area contributed by atoms with E-state index in [0.29, 0.717) is 12.2 Å². The van der Waals surface area contributed by atoms with E-state index in [9.17, 15) is 0 Å². The lowest BCUT2D eigenvalue weighted by Gasteiger charge is -2.22. The van der Waals surface area contributed by atoms with Crippen LogP contribution in [0.1, 0.15) is 171 Å². The maximum atomic E-state index is 5.36. The topological polar surface area (TPSA) is 9.23 Å². The molecule has 1 nitrogen and oxygen atoms in total. The smallest absolute Gasteiger partial charge is 0.0551 e. The number of benzene rings is 2. The van der Waals surface area contributed by atoms with Crippen molar-refractivity contribution in [1.82, 2.24) is 0 Å². The first-order valence-electron chi connectivity index (χ1n) is 17.2. The molecule has 46 heavy (non-hydrogen) atoms. The van der Waals surface area contributed by atoms with E-state index < -0.39 is 0 Å². The molecule has 1 heteroatoms. The monoisotopic (exact) mass is 643 g/mol. The Bertz CT molecular complexity index is 886. The molecular formula is C45H86O. The molecule has 2 saturated carbocycles. The summed E-state index contributed by atoms with van der Waals surface area (Å²) >= 11 is 0. The lowest BCUT2D eigenvalue weighted by molar-refractivity contribution is 0.0673. The number of fused-ring (bicyclic) bond motifs is 1. The highest BCUT2D eigenvalue weighted by Crippen LogP contribution is 2.29. The SMILES string of the molecule is C.C.C.C.C.CC1CCC(C)C1.CC1CCC(C)CC1.CC1CCC(C)O1.Cc1ccc(C)cc1.Cc1ccc2c(c1)CC(C)C2. The van der Waals surface area contributed by atoms with Crippen LogP contribution in [-0.2, 0) is 17.6 Å². The van der Waals surface area contributed by atoms with Crippen LogP contribution in [0.5, 0.6) is 0 Å². The lowest BCUT2D eigenvalue weighted by atomic mass is 9.84. The van der Waals surface area contributed by atoms with Crippen LogP contribution in [0.3, 0.4) is 0 Å². The average Bonchev–Trinajstić information content (AvgIpc) is 3.62. The predicted molar refractivity (Wildman–Crippen MR) is 216 cm³/mol. The highest BCUT2D eigenvalue weighted by atomic mass is 16.5. The summed E-state index contributed by atoms with van der Waals surface area (Å²) in [6, 6.07) is 15.3. The molecular weight excluding hydrogens is 556 g/mol. The van der Waals surface area contributed by atoms with Gasteiger partial charge >= 0.3 is 0 Å². The molecule has 5 atom stereocenters. The van der Waals surface area contributed by atoms with Crippen LogP contribution in [0.25, 0.3) is 0 Å². The summed E-state index contributed by atoms with van der Waals surface area (Å²) in [5, 5.41) is 0. The van der Waals surface area contributed by atoms with Gasteiger partial charge in [-0.3, -0.25) is 0 Å². The molecule has 0 bridgehead atoms. The zero-order valence-corrected chi connectivity index (χ0v) is 28.8. The molecule has 0 radical (unpaired) electrons. The van der Waals surface area contributed by atoms with Gasteiger partial charge in [0.15, 0.2) is 0 Å². The Kier molecular flexibility index (Phi) is 30.5. The van der Waals surface area contributed by atoms with Gasteiger partial charge in [-0.25, -0.2) is 0 Å². The van der Waals surface area contributed by atoms with Gasteiger partial charge in [-0.15, -0.1) is 0 Å². The van der Waals surface area contributed by atoms with Crippen LogP contribution in [0.4, 0.5) is 0 Å². The Balaban J connectivity index is -0.000000236. The molecule has 4 aliphatic rings. The second-order valence-electron chi connectivity index (χ2n) is 14.7. The average molecular weight is 643 g/mol. The summed E-state index contributed by atoms with van der Waals surface area (Å²) < 4.78 is 5.36. The largest absolute Gasteiger partial charge is 0.376 e. The second kappa shape index (κ2) is 27.4. The van der Waals surface area contributed by atoms with E-state index in [1.54, 1.807) is 11.1 Å². The molecule has 0 spiro atoms. The predicted octanol–water partition coefficient (Wildman–Crippen LogP) is 15.1. The maximum absolute atomic E-state index is 5.36. The molecule has 0 N–H and O–H groups in total. The summed E-state index contributed by atoms with van der Waals surface area (Å²) in [6.45, 7) is 22.4. The standard InChI is InChI=1S/C11H14.C8H16.C8H10.C7H14.C6H12O.5CH4/c1-8-3-4-10-6-9(2)7-11(10)5-8;2*1-7-3-5-8(2)6-4-7;1-6-3-4-7(2)5-6;1-5-3-4-6(2)7-5;;;;;/h3-5,9H,6-7H2,1-2H3;7-8H,3-6H2,1-2H3;3-6H,1-2H3;6-7H,3-5H2,1-2H3;5-6H,3-4H2,1-2H3;5*1H4. The fourth-order valence-electron chi connectivity index (χ4n) is 6.52. The molecule has 1 heterocycles. The zero-order chi connectivity index (χ0) is 30.4. The van der Waals surface area contributed by atoms with Crippen LogP contribution >= 0.6 is 0 Å². The van der Waals surface area contributed by atoms with Gasteiger partial charge in [0.25, 0.3) is 0 Å². The van der Waals surface area contributed by atoms with Crippen molar-refractivity contribution in [2.45, 2.75) is 189 Å². The first-order valence-corrected chi connectivity index (χ1v) is 17.2. The molecule has 1 aliphatic heterocycles. The van der Waals surface area contributed by atoms with Crippen molar-refractivity contribution in [2.75, 3.05) is 0 Å². The molecule has 0 amide bonds. The lowest BCUT2D eigenvalue weighted by Crippen LogP contribution is -2.08. The van der Waals surface area contributed by atoms with Crippen molar-refractivity contribution in [1.29, 1.82) is 0 Å². The Morgan fingerprint density at radius 2 is 0.761 bits per heavy atom. The summed E-state index contributed by atoms with van der Waals surface area (Å²) in [5.41, 5.74) is 7.21. The fraction of sp³-hybridized carbons (Fsp3) is 0.733. The molecule has 5 unspecified atom stereocenters. The van der Waals surface area contributed by atoms with Gasteiger partial charge in [-0.1, -0.05) is 169 Å². The minimum Gasteiger partial charge on any atom is -0.376 e. The minimum absolute atomic E-state index is 0. The third-order valence-corrected chi connectivity index (χ3v) is 9.42. The van der Waals surface area contributed by atoms with Gasteiger partial charge in [0, 0.05) is 0 Å². The van der Waals surface area contributed by atoms with Crippen LogP contribution in [0.2, 0.25) is 0 Å². The van der Waals surface area contributed by atoms with Crippen LogP contribution in [-0.4, -0.2) is 12.2 Å². The normalized spacial score (nSPS) is 26.5. The quantitative estimate of drug-likeness (QED) is 0.278. The molecule has 2 aromatic rings. The first kappa shape index (κ1) is 51.2. The summed E-state index contributed by atoms with van der Waals surface area (Å²) in [5.74, 6) is 4.95. The highest BCUT2D eigenvalue weighted by molar-refractivity contribution is 5.35. The van der Waals surface area contributed by atoms with E-state index in [0.717, 1.165) is 29.6 Å². The molecule has 6 rings (SSSR count). The van der Waals surface area contributed by atoms with E-state index in [2.05, 4.69) is 112 Å². The number of hydrogen-bond donors (Lipinski definition) is 0. The van der Waals surface area contributed by atoms with Crippen LogP contribution in [0.15, 0.2) is 42.5 Å². The molecule has 2 aromatic carbocycles. The van der Waals surface area contributed by atoms with Gasteiger partial charge < -0.3 is 4.74 Å². The van der Waals surface area contributed by atoms with E-state index in [1.807, 2.05) is 0 Å². The maximum Gasteiger partial charge on any atom is 0.0551 e. The van der Waals surface area contributed by atoms with Gasteiger partial charge in [0.05, 0.1) is 12.2 Å². The Labute approximate surface area is 293 Å². The first-order chi connectivity index (χ1) is 19.4. The van der Waals surface area contributed by atoms with Crippen molar-refractivity contribution in [3.63, 3.8) is 0 Å². The summed E-state index contributed by atoms with van der Waals surface area (Å²) in [7, 11) is 0. The van der Waals surface area contributed by atoms with Gasteiger partial charge in [0.1, 0.15) is 0 Å². The van der Waals surface area contributed by atoms with Crippen molar-refractivity contribution in [3.05, 3.63) is 70.3 Å². The molecule has 3 aliphatic carbocycles. The van der Waals surface area contributed by atoms with Crippen molar-refractivity contribution in [2.24, 2.45) is 29.6 Å². The summed E-state index contributed by atoms with van der Waals surface area (Å²) in [6.07, 6.45) is 16.4. The minimum atomic E-state index is 0. The van der Waals surface area contributed by atoms with E-state index in [-0.39, 0.29) is 37.1 Å². The third kappa shape index (κ3) is 22.1. The third-order valence-electron chi connectivity index (χ3n) is 9.42. The van der Waals surface area contributed by atoms with Crippen LogP contribution in [0, 0.1) is 50.4 Å². The van der Waals surface area contributed by atoms with E-state index in [4.69, 9.17) is 4.74 Å². The number of rotatable bonds is 0. The van der Waals surface area contributed by atoms with Crippen molar-refractivity contribution < 1.29 is 4.74 Å². The molecule has 272 valence electrons. The Hall–Kier alpha value is -1.60. The van der Waals surface area contributed by atoms with E-state index >= 15 is 0 Å². The Morgan fingerprint density at radius 1 is 0.413 bits per heavy atom. The number of ether oxygens (including phenoxy) is 1. The van der Waals surface area contributed by atoms with E-state index in [1.165, 1.54) is 87.3 Å². The van der Waals surface area contributed by atoms with Crippen LogP contribution < -0.4 is 0 Å². The van der Waals surface area contributed by atoms with Crippen molar-refractivity contribution in [3.8, 4) is 0 Å². The fourth-order valence-corrected chi connectivity index (χ4v) is 6.52. The number of aryl methyl sites for hydroxylation is 3. The zero-order valence-electron chi connectivity index (χ0n) is 28.8. The molecule has 1 saturated heterocycles. The van der Waals surface area contributed by atoms with Crippen molar-refractivity contribution >= 4 is 0 Å². The summed E-state index contributed by atoms with van der Waals surface area (Å²) in [4.78, 5) is 0. The Morgan fingerprint density at radius 3 is 1.09 bits per heavy atom. The number of hydrogen-bond acceptors (Lipinski definition) is 1. The molecule has 3 fully saturated rings. The van der Waals surface area contributed by atoms with Gasteiger partial charge in [-0.2, -0.15) is 0 Å². The molecule has 0 aromatic heterocycles.